The van der Waals surface area contributed by atoms with Crippen LogP contribution in [0.25, 0.3) is 0 Å². The van der Waals surface area contributed by atoms with Crippen LogP contribution in [0.1, 0.15) is 15.9 Å². The Labute approximate surface area is 118 Å². The van der Waals surface area contributed by atoms with E-state index in [1.54, 1.807) is 25.1 Å². The van der Waals surface area contributed by atoms with Gasteiger partial charge in [0.15, 0.2) is 0 Å². The minimum atomic E-state index is -1.03. The fourth-order valence-electron chi connectivity index (χ4n) is 1.58. The zero-order chi connectivity index (χ0) is 14.7. The van der Waals surface area contributed by atoms with E-state index in [0.29, 0.717) is 10.6 Å². The second-order valence-electron chi connectivity index (χ2n) is 4.00. The molecule has 6 nitrogen and oxygen atoms in total. The SMILES string of the molecule is Cc1cc(Sc2ccc(C(=O)O)cn2)ccc1[N+](=O)[O-]. The van der Waals surface area contributed by atoms with E-state index in [9.17, 15) is 14.9 Å². The van der Waals surface area contributed by atoms with Crippen molar-refractivity contribution < 1.29 is 14.8 Å². The number of hydrogen-bond acceptors (Lipinski definition) is 5. The summed E-state index contributed by atoms with van der Waals surface area (Å²) in [6.07, 6.45) is 1.28. The number of benzene rings is 1. The third-order valence-electron chi connectivity index (χ3n) is 2.57. The van der Waals surface area contributed by atoms with Gasteiger partial charge in [-0.05, 0) is 31.2 Å². The number of hydrogen-bond donors (Lipinski definition) is 1. The molecule has 0 unspecified atom stereocenters. The molecule has 1 aromatic heterocycles. The Kier molecular flexibility index (Phi) is 3.99. The van der Waals surface area contributed by atoms with Crippen molar-refractivity contribution in [2.24, 2.45) is 0 Å². The van der Waals surface area contributed by atoms with Gasteiger partial charge in [-0.1, -0.05) is 11.8 Å². The Hall–Kier alpha value is -2.41. The number of nitro groups is 1. The number of carboxylic acid groups (broad SMARTS) is 1. The van der Waals surface area contributed by atoms with E-state index in [1.807, 2.05) is 0 Å². The molecule has 1 aromatic carbocycles. The molecular formula is C13H10N2O4S. The third-order valence-corrected chi connectivity index (χ3v) is 3.51. The number of aromatic nitrogens is 1. The Morgan fingerprint density at radius 2 is 2.10 bits per heavy atom. The van der Waals surface area contributed by atoms with Crippen molar-refractivity contribution in [3.05, 3.63) is 57.8 Å². The highest BCUT2D eigenvalue weighted by Gasteiger charge is 2.11. The van der Waals surface area contributed by atoms with Gasteiger partial charge in [0.05, 0.1) is 10.5 Å². The van der Waals surface area contributed by atoms with Crippen LogP contribution in [0.15, 0.2) is 46.5 Å². The summed E-state index contributed by atoms with van der Waals surface area (Å²) in [6.45, 7) is 1.67. The molecule has 0 bridgehead atoms. The van der Waals surface area contributed by atoms with Gasteiger partial charge >= 0.3 is 5.97 Å². The van der Waals surface area contributed by atoms with Crippen LogP contribution in [0, 0.1) is 17.0 Å². The molecule has 20 heavy (non-hydrogen) atoms. The quantitative estimate of drug-likeness (QED) is 0.686. The molecule has 7 heteroatoms. The highest BCUT2D eigenvalue weighted by atomic mass is 32.2. The van der Waals surface area contributed by atoms with Gasteiger partial charge in [-0.25, -0.2) is 9.78 Å². The number of rotatable bonds is 4. The molecular weight excluding hydrogens is 280 g/mol. The maximum Gasteiger partial charge on any atom is 0.337 e. The first-order valence-corrected chi connectivity index (χ1v) is 6.41. The predicted molar refractivity (Wildman–Crippen MR) is 73.2 cm³/mol. The molecule has 2 rings (SSSR count). The van der Waals surface area contributed by atoms with Gasteiger partial charge in [-0.15, -0.1) is 0 Å². The van der Waals surface area contributed by atoms with Crippen molar-refractivity contribution in [1.82, 2.24) is 4.98 Å². The molecule has 0 saturated heterocycles. The first kappa shape index (κ1) is 14.0. The van der Waals surface area contributed by atoms with Crippen molar-refractivity contribution in [3.8, 4) is 0 Å². The van der Waals surface area contributed by atoms with E-state index >= 15 is 0 Å². The minimum absolute atomic E-state index is 0.0727. The molecule has 0 saturated carbocycles. The average Bonchev–Trinajstić information content (AvgIpc) is 2.39. The maximum absolute atomic E-state index is 10.7. The fraction of sp³-hybridized carbons (Fsp3) is 0.0769. The second kappa shape index (κ2) is 5.70. The summed E-state index contributed by atoms with van der Waals surface area (Å²) in [5.41, 5.74) is 0.764. The molecule has 2 aromatic rings. The predicted octanol–water partition coefficient (Wildman–Crippen LogP) is 3.15. The summed E-state index contributed by atoms with van der Waals surface area (Å²) in [6, 6.07) is 7.86. The monoisotopic (exact) mass is 290 g/mol. The van der Waals surface area contributed by atoms with Crippen molar-refractivity contribution >= 4 is 23.4 Å². The zero-order valence-electron chi connectivity index (χ0n) is 10.4. The van der Waals surface area contributed by atoms with E-state index in [1.165, 1.54) is 30.1 Å². The number of aryl methyl sites for hydroxylation is 1. The molecule has 0 spiro atoms. The summed E-state index contributed by atoms with van der Waals surface area (Å²) >= 11 is 1.32. The topological polar surface area (TPSA) is 93.3 Å². The summed E-state index contributed by atoms with van der Waals surface area (Å²) in [4.78, 5) is 25.8. The van der Waals surface area contributed by atoms with Crippen molar-refractivity contribution in [2.75, 3.05) is 0 Å². The van der Waals surface area contributed by atoms with Crippen LogP contribution < -0.4 is 0 Å². The van der Waals surface area contributed by atoms with Gasteiger partial charge in [0.1, 0.15) is 5.03 Å². The van der Waals surface area contributed by atoms with Gasteiger partial charge in [-0.2, -0.15) is 0 Å². The van der Waals surface area contributed by atoms with Gasteiger partial charge in [0.25, 0.3) is 5.69 Å². The smallest absolute Gasteiger partial charge is 0.337 e. The molecule has 102 valence electrons. The molecule has 1 N–H and O–H groups in total. The Bertz CT molecular complexity index is 671. The summed E-state index contributed by atoms with van der Waals surface area (Å²) in [7, 11) is 0. The first-order chi connectivity index (χ1) is 9.47. The van der Waals surface area contributed by atoms with Crippen LogP contribution >= 0.6 is 11.8 Å². The normalized spacial score (nSPS) is 10.2. The van der Waals surface area contributed by atoms with Crippen molar-refractivity contribution in [2.45, 2.75) is 16.8 Å². The Morgan fingerprint density at radius 3 is 2.60 bits per heavy atom. The third kappa shape index (κ3) is 3.12. The fourth-order valence-corrected chi connectivity index (χ4v) is 2.44. The standard InChI is InChI=1S/C13H10N2O4S/c1-8-6-10(3-4-11(8)15(18)19)20-12-5-2-9(7-14-12)13(16)17/h2-7H,1H3,(H,16,17). The molecule has 0 amide bonds. The molecule has 0 atom stereocenters. The van der Waals surface area contributed by atoms with E-state index in [4.69, 9.17) is 5.11 Å². The summed E-state index contributed by atoms with van der Waals surface area (Å²) in [5, 5.41) is 20.1. The van der Waals surface area contributed by atoms with Crippen LogP contribution in [0.2, 0.25) is 0 Å². The maximum atomic E-state index is 10.7. The van der Waals surface area contributed by atoms with Gasteiger partial charge in [-0.3, -0.25) is 10.1 Å². The number of nitro benzene ring substituents is 1. The lowest BCUT2D eigenvalue weighted by atomic mass is 10.2. The van der Waals surface area contributed by atoms with Crippen molar-refractivity contribution in [3.63, 3.8) is 0 Å². The first-order valence-electron chi connectivity index (χ1n) is 5.59. The molecule has 0 fully saturated rings. The number of aromatic carboxylic acids is 1. The Morgan fingerprint density at radius 1 is 1.35 bits per heavy atom. The Balaban J connectivity index is 2.19. The van der Waals surface area contributed by atoms with Crippen LogP contribution in [0.5, 0.6) is 0 Å². The second-order valence-corrected chi connectivity index (χ2v) is 5.09. The lowest BCUT2D eigenvalue weighted by molar-refractivity contribution is -0.385. The highest BCUT2D eigenvalue weighted by molar-refractivity contribution is 7.99. The van der Waals surface area contributed by atoms with Gasteiger partial charge < -0.3 is 5.11 Å². The number of carbonyl (C=O) groups is 1. The van der Waals surface area contributed by atoms with Crippen LogP contribution in [0.3, 0.4) is 0 Å². The van der Waals surface area contributed by atoms with Crippen molar-refractivity contribution in [1.29, 1.82) is 0 Å². The minimum Gasteiger partial charge on any atom is -0.478 e. The highest BCUT2D eigenvalue weighted by Crippen LogP contribution is 2.29. The summed E-state index contributed by atoms with van der Waals surface area (Å²) in [5.74, 6) is -1.03. The molecule has 0 radical (unpaired) electrons. The molecule has 0 aliphatic heterocycles. The van der Waals surface area contributed by atoms with E-state index in [-0.39, 0.29) is 11.3 Å². The molecule has 0 aliphatic carbocycles. The average molecular weight is 290 g/mol. The largest absolute Gasteiger partial charge is 0.478 e. The van der Waals surface area contributed by atoms with E-state index in [0.717, 1.165) is 4.90 Å². The van der Waals surface area contributed by atoms with Gasteiger partial charge in [0, 0.05) is 22.7 Å². The van der Waals surface area contributed by atoms with Crippen LogP contribution in [0.4, 0.5) is 5.69 Å². The van der Waals surface area contributed by atoms with Crippen LogP contribution in [-0.4, -0.2) is 21.0 Å². The number of nitrogens with zero attached hydrogens (tertiary/aromatic N) is 2. The zero-order valence-corrected chi connectivity index (χ0v) is 11.3. The lowest BCUT2D eigenvalue weighted by Crippen LogP contribution is -1.96. The number of pyridine rings is 1. The van der Waals surface area contributed by atoms with E-state index in [2.05, 4.69) is 4.98 Å². The lowest BCUT2D eigenvalue weighted by Gasteiger charge is -2.03. The van der Waals surface area contributed by atoms with Gasteiger partial charge in [0.2, 0.25) is 0 Å². The number of carboxylic acids is 1. The molecule has 0 aliphatic rings. The van der Waals surface area contributed by atoms with Crippen LogP contribution in [-0.2, 0) is 0 Å². The van der Waals surface area contributed by atoms with E-state index < -0.39 is 10.9 Å². The molecule has 1 heterocycles. The summed E-state index contributed by atoms with van der Waals surface area (Å²) < 4.78 is 0.